The van der Waals surface area contributed by atoms with E-state index >= 15 is 0 Å². The first kappa shape index (κ1) is 9.42. The molecule has 50 valence electrons. The highest BCUT2D eigenvalue weighted by Crippen LogP contribution is 2.32. The van der Waals surface area contributed by atoms with Crippen LogP contribution in [0.2, 0.25) is 0 Å². The van der Waals surface area contributed by atoms with Crippen molar-refractivity contribution in [3.8, 4) is 0 Å². The third kappa shape index (κ3) is 4.31. The van der Waals surface area contributed by atoms with Crippen LogP contribution in [-0.4, -0.2) is 16.7 Å². The zero-order valence-electron chi connectivity index (χ0n) is 4.45. The average molecular weight is 206 g/mol. The fourth-order valence-electron chi connectivity index (χ4n) is 0.111. The molecule has 1 nitrogen and oxygen atoms in total. The molecular formula is C2H6OS5. The summed E-state index contributed by atoms with van der Waals surface area (Å²) in [6.45, 7) is -2.04. The summed E-state index contributed by atoms with van der Waals surface area (Å²) in [5.74, 6) is 0. The first-order chi connectivity index (χ1) is 3.62. The van der Waals surface area contributed by atoms with Crippen molar-refractivity contribution in [3.63, 3.8) is 0 Å². The number of hydrogen-bond acceptors (Lipinski definition) is 5. The van der Waals surface area contributed by atoms with E-state index in [1.807, 2.05) is 6.26 Å². The van der Waals surface area contributed by atoms with Crippen molar-refractivity contribution in [3.05, 3.63) is 0 Å². The Bertz CT molecular complexity index is 135. The van der Waals surface area contributed by atoms with E-state index in [-0.39, 0.29) is 0 Å². The van der Waals surface area contributed by atoms with Gasteiger partial charge in [-0.15, -0.1) is 0 Å². The van der Waals surface area contributed by atoms with Crippen LogP contribution in [0.25, 0.3) is 0 Å². The normalized spacial score (nSPS) is 17.8. The second-order valence-electron chi connectivity index (χ2n) is 0.810. The van der Waals surface area contributed by atoms with Crippen molar-refractivity contribution in [2.45, 2.75) is 0 Å². The Morgan fingerprint density at radius 2 is 2.00 bits per heavy atom. The molecule has 0 aromatic rings. The summed E-state index contributed by atoms with van der Waals surface area (Å²) in [6, 6.07) is 0. The van der Waals surface area contributed by atoms with Crippen molar-refractivity contribution in [1.82, 2.24) is 0 Å². The second-order valence-corrected chi connectivity index (χ2v) is 12.2. The Labute approximate surface area is 65.6 Å². The Hall–Kier alpha value is 1.42. The number of hydrogen-bond donors (Lipinski definition) is 0. The van der Waals surface area contributed by atoms with Crippen molar-refractivity contribution in [2.75, 3.05) is 12.5 Å². The summed E-state index contributed by atoms with van der Waals surface area (Å²) >= 11 is 4.68. The van der Waals surface area contributed by atoms with Gasteiger partial charge < -0.3 is 0 Å². The molecule has 0 saturated carbocycles. The molecule has 0 N–H and O–H groups in total. The molecule has 0 amide bonds. The van der Waals surface area contributed by atoms with Crippen molar-refractivity contribution < 1.29 is 4.21 Å². The lowest BCUT2D eigenvalue weighted by molar-refractivity contribution is 0.698. The lowest BCUT2D eigenvalue weighted by Gasteiger charge is -1.95. The fourth-order valence-corrected chi connectivity index (χ4v) is 7.50. The monoisotopic (exact) mass is 206 g/mol. The van der Waals surface area contributed by atoms with Crippen LogP contribution in [-0.2, 0) is 17.7 Å². The molecule has 0 bridgehead atoms. The van der Waals surface area contributed by atoms with Crippen LogP contribution in [0, 0.1) is 0 Å². The zero-order chi connectivity index (χ0) is 6.62. The Balaban J connectivity index is 3.76. The SMILES string of the molecule is CSSS(=O)(=S)SC. The maximum Gasteiger partial charge on any atom is 0.143 e. The molecule has 6 heteroatoms. The summed E-state index contributed by atoms with van der Waals surface area (Å²) in [7, 11) is 3.94. The lowest BCUT2D eigenvalue weighted by atomic mass is 12.0. The Kier molecular flexibility index (Phi) is 5.03. The quantitative estimate of drug-likeness (QED) is 0.654. The molecule has 0 aliphatic heterocycles. The average Bonchev–Trinajstić information content (AvgIpc) is 1.67. The van der Waals surface area contributed by atoms with Crippen molar-refractivity contribution in [1.29, 1.82) is 0 Å². The molecule has 0 fully saturated rings. The molecule has 0 saturated heterocycles. The van der Waals surface area contributed by atoms with Crippen LogP contribution >= 0.6 is 31.4 Å². The summed E-state index contributed by atoms with van der Waals surface area (Å²) in [5, 5.41) is 0. The third-order valence-corrected chi connectivity index (χ3v) is 11.4. The lowest BCUT2D eigenvalue weighted by Crippen LogP contribution is -1.75. The van der Waals surface area contributed by atoms with Gasteiger partial charge in [0.1, 0.15) is 6.56 Å². The molecule has 1 unspecified atom stereocenters. The molecule has 0 radical (unpaired) electrons. The van der Waals surface area contributed by atoms with Gasteiger partial charge in [0.2, 0.25) is 0 Å². The fraction of sp³-hybridized carbons (Fsp3) is 1.00. The summed E-state index contributed by atoms with van der Waals surface area (Å²) in [6.07, 6.45) is 3.63. The van der Waals surface area contributed by atoms with Crippen LogP contribution in [0.4, 0.5) is 0 Å². The molecule has 0 aromatic heterocycles. The van der Waals surface area contributed by atoms with Gasteiger partial charge >= 0.3 is 0 Å². The van der Waals surface area contributed by atoms with Gasteiger partial charge in [-0.05, 0) is 12.5 Å². The second kappa shape index (κ2) is 4.27. The van der Waals surface area contributed by atoms with Gasteiger partial charge in [0.15, 0.2) is 0 Å². The van der Waals surface area contributed by atoms with E-state index in [2.05, 4.69) is 11.2 Å². The molecule has 0 aliphatic carbocycles. The smallest absolute Gasteiger partial charge is 0.143 e. The van der Waals surface area contributed by atoms with E-state index in [0.29, 0.717) is 0 Å². The van der Waals surface area contributed by atoms with E-state index in [1.165, 1.54) is 31.4 Å². The van der Waals surface area contributed by atoms with Gasteiger partial charge in [0, 0.05) is 21.0 Å². The van der Waals surface area contributed by atoms with Crippen molar-refractivity contribution in [2.24, 2.45) is 0 Å². The largest absolute Gasteiger partial charge is 0.234 e. The van der Waals surface area contributed by atoms with Crippen molar-refractivity contribution >= 4 is 49.2 Å². The maximum absolute atomic E-state index is 10.9. The van der Waals surface area contributed by atoms with Crippen LogP contribution in [0.1, 0.15) is 0 Å². The van der Waals surface area contributed by atoms with E-state index in [9.17, 15) is 4.21 Å². The van der Waals surface area contributed by atoms with Crippen LogP contribution in [0.15, 0.2) is 0 Å². The minimum Gasteiger partial charge on any atom is -0.234 e. The van der Waals surface area contributed by atoms with Gasteiger partial charge in [-0.1, -0.05) is 21.6 Å². The molecule has 0 spiro atoms. The highest BCUT2D eigenvalue weighted by Gasteiger charge is 2.00. The van der Waals surface area contributed by atoms with Gasteiger partial charge in [0.05, 0.1) is 0 Å². The summed E-state index contributed by atoms with van der Waals surface area (Å²) < 4.78 is 10.9. The van der Waals surface area contributed by atoms with E-state index < -0.39 is 6.56 Å². The highest BCUT2D eigenvalue weighted by atomic mass is 33.8. The summed E-state index contributed by atoms with van der Waals surface area (Å²) in [4.78, 5) is 0. The van der Waals surface area contributed by atoms with E-state index in [1.54, 1.807) is 6.26 Å². The first-order valence-corrected chi connectivity index (χ1v) is 8.95. The zero-order valence-corrected chi connectivity index (χ0v) is 8.53. The van der Waals surface area contributed by atoms with E-state index in [4.69, 9.17) is 0 Å². The highest BCUT2D eigenvalue weighted by molar-refractivity contribution is 9.29. The predicted octanol–water partition coefficient (Wildman–Crippen LogP) is 1.94. The van der Waals surface area contributed by atoms with Gasteiger partial charge in [-0.25, -0.2) is 4.21 Å². The molecule has 0 rings (SSSR count). The Morgan fingerprint density at radius 1 is 1.50 bits per heavy atom. The molecule has 8 heavy (non-hydrogen) atoms. The molecule has 0 heterocycles. The number of rotatable bonds is 3. The van der Waals surface area contributed by atoms with Crippen LogP contribution in [0.3, 0.4) is 0 Å². The van der Waals surface area contributed by atoms with Crippen LogP contribution in [0.5, 0.6) is 0 Å². The van der Waals surface area contributed by atoms with E-state index in [0.717, 1.165) is 0 Å². The standard InChI is InChI=1S/C2H6OS5/c1-5-7-8(3,4)6-2/h1-2H3. The van der Waals surface area contributed by atoms with Gasteiger partial charge in [-0.3, -0.25) is 0 Å². The predicted molar refractivity (Wildman–Crippen MR) is 50.1 cm³/mol. The topological polar surface area (TPSA) is 17.1 Å². The van der Waals surface area contributed by atoms with Crippen LogP contribution < -0.4 is 0 Å². The Morgan fingerprint density at radius 3 is 2.12 bits per heavy atom. The minimum atomic E-state index is -2.04. The molecule has 0 aromatic carbocycles. The first-order valence-electron chi connectivity index (χ1n) is 1.65. The third-order valence-electron chi connectivity index (χ3n) is 0.355. The van der Waals surface area contributed by atoms with Gasteiger partial charge in [-0.2, -0.15) is 0 Å². The molecular weight excluding hydrogens is 200 g/mol. The minimum absolute atomic E-state index is 1.24. The van der Waals surface area contributed by atoms with Gasteiger partial charge in [0.25, 0.3) is 0 Å². The molecule has 1 atom stereocenters. The summed E-state index contributed by atoms with van der Waals surface area (Å²) in [5.41, 5.74) is 0. The molecule has 0 aliphatic rings. The maximum atomic E-state index is 10.9.